The second-order valence-corrected chi connectivity index (χ2v) is 6.23. The standard InChI is InChI=1S/C17H19NS/c18-12-15-4-1-3-13(10-15)9-14-6-7-17-16(11-14)5-2-8-19-17/h1,3-4,6-7,10-11H,2,5,8-9,12,18H2. The lowest BCUT2D eigenvalue weighted by Gasteiger charge is -2.16. The summed E-state index contributed by atoms with van der Waals surface area (Å²) in [7, 11) is 0. The lowest BCUT2D eigenvalue weighted by Crippen LogP contribution is -2.00. The molecule has 0 atom stereocenters. The largest absolute Gasteiger partial charge is 0.326 e. The van der Waals surface area contributed by atoms with Crippen LogP contribution in [0.25, 0.3) is 0 Å². The van der Waals surface area contributed by atoms with Gasteiger partial charge in [0.25, 0.3) is 0 Å². The van der Waals surface area contributed by atoms with Gasteiger partial charge in [0.05, 0.1) is 0 Å². The average molecular weight is 269 g/mol. The van der Waals surface area contributed by atoms with Crippen molar-refractivity contribution in [3.63, 3.8) is 0 Å². The summed E-state index contributed by atoms with van der Waals surface area (Å²) >= 11 is 1.99. The van der Waals surface area contributed by atoms with Crippen molar-refractivity contribution in [3.8, 4) is 0 Å². The summed E-state index contributed by atoms with van der Waals surface area (Å²) in [6, 6.07) is 15.5. The number of benzene rings is 2. The van der Waals surface area contributed by atoms with Crippen LogP contribution in [0.2, 0.25) is 0 Å². The first-order valence-corrected chi connectivity index (χ1v) is 7.86. The Bertz CT molecular complexity index is 577. The molecular formula is C17H19NS. The van der Waals surface area contributed by atoms with E-state index in [1.54, 1.807) is 0 Å². The van der Waals surface area contributed by atoms with Gasteiger partial charge in [0.15, 0.2) is 0 Å². The Kier molecular flexibility index (Phi) is 3.90. The zero-order valence-corrected chi connectivity index (χ0v) is 11.9. The Morgan fingerprint density at radius 2 is 1.84 bits per heavy atom. The molecule has 0 saturated heterocycles. The molecule has 1 nitrogen and oxygen atoms in total. The molecular weight excluding hydrogens is 250 g/mol. The summed E-state index contributed by atoms with van der Waals surface area (Å²) in [6.45, 7) is 0.620. The van der Waals surface area contributed by atoms with E-state index >= 15 is 0 Å². The van der Waals surface area contributed by atoms with Gasteiger partial charge in [-0.1, -0.05) is 36.4 Å². The van der Waals surface area contributed by atoms with E-state index in [2.05, 4.69) is 42.5 Å². The van der Waals surface area contributed by atoms with Crippen molar-refractivity contribution in [2.75, 3.05) is 5.75 Å². The first-order chi connectivity index (χ1) is 9.35. The molecule has 0 fully saturated rings. The number of hydrogen-bond acceptors (Lipinski definition) is 2. The third-order valence-corrected chi connectivity index (χ3v) is 4.81. The van der Waals surface area contributed by atoms with Gasteiger partial charge in [0, 0.05) is 11.4 Å². The molecule has 0 aliphatic carbocycles. The highest BCUT2D eigenvalue weighted by molar-refractivity contribution is 7.99. The molecule has 3 rings (SSSR count). The maximum absolute atomic E-state index is 5.70. The molecule has 0 radical (unpaired) electrons. The van der Waals surface area contributed by atoms with Crippen molar-refractivity contribution in [3.05, 3.63) is 64.7 Å². The molecule has 19 heavy (non-hydrogen) atoms. The fourth-order valence-electron chi connectivity index (χ4n) is 2.63. The van der Waals surface area contributed by atoms with E-state index in [1.165, 1.54) is 45.7 Å². The predicted molar refractivity (Wildman–Crippen MR) is 82.6 cm³/mol. The van der Waals surface area contributed by atoms with Crippen LogP contribution >= 0.6 is 11.8 Å². The topological polar surface area (TPSA) is 26.0 Å². The third kappa shape index (κ3) is 3.02. The first-order valence-electron chi connectivity index (χ1n) is 6.87. The van der Waals surface area contributed by atoms with Crippen molar-refractivity contribution >= 4 is 11.8 Å². The van der Waals surface area contributed by atoms with Gasteiger partial charge in [-0.25, -0.2) is 0 Å². The predicted octanol–water partition coefficient (Wildman–Crippen LogP) is 3.77. The van der Waals surface area contributed by atoms with Crippen LogP contribution in [0.15, 0.2) is 47.4 Å². The molecule has 2 aromatic rings. The van der Waals surface area contributed by atoms with Gasteiger partial charge in [0.2, 0.25) is 0 Å². The highest BCUT2D eigenvalue weighted by Crippen LogP contribution is 2.30. The first kappa shape index (κ1) is 12.8. The quantitative estimate of drug-likeness (QED) is 0.918. The summed E-state index contributed by atoms with van der Waals surface area (Å²) in [5.41, 5.74) is 11.2. The molecule has 1 aliphatic heterocycles. The summed E-state index contributed by atoms with van der Waals surface area (Å²) in [4.78, 5) is 1.48. The summed E-state index contributed by atoms with van der Waals surface area (Å²) in [5.74, 6) is 1.27. The van der Waals surface area contributed by atoms with Crippen LogP contribution in [0.4, 0.5) is 0 Å². The van der Waals surface area contributed by atoms with Gasteiger partial charge < -0.3 is 5.73 Å². The fraction of sp³-hybridized carbons (Fsp3) is 0.294. The lowest BCUT2D eigenvalue weighted by molar-refractivity contribution is 0.885. The summed E-state index contributed by atoms with van der Waals surface area (Å²) in [6.07, 6.45) is 3.55. The van der Waals surface area contributed by atoms with Crippen molar-refractivity contribution in [2.45, 2.75) is 30.7 Å². The van der Waals surface area contributed by atoms with E-state index in [0.29, 0.717) is 6.54 Å². The Morgan fingerprint density at radius 1 is 1.00 bits per heavy atom. The molecule has 0 bridgehead atoms. The maximum atomic E-state index is 5.70. The average Bonchev–Trinajstić information content (AvgIpc) is 2.47. The Morgan fingerprint density at radius 3 is 2.74 bits per heavy atom. The highest BCUT2D eigenvalue weighted by atomic mass is 32.2. The Balaban J connectivity index is 1.82. The van der Waals surface area contributed by atoms with Gasteiger partial charge >= 0.3 is 0 Å². The Hall–Kier alpha value is -1.25. The lowest BCUT2D eigenvalue weighted by atomic mass is 9.99. The number of aryl methyl sites for hydroxylation is 1. The molecule has 0 spiro atoms. The molecule has 0 unspecified atom stereocenters. The number of nitrogens with two attached hydrogens (primary N) is 1. The van der Waals surface area contributed by atoms with E-state index in [4.69, 9.17) is 5.73 Å². The minimum absolute atomic E-state index is 0.620. The normalized spacial score (nSPS) is 14.2. The molecule has 0 amide bonds. The monoisotopic (exact) mass is 269 g/mol. The number of hydrogen-bond donors (Lipinski definition) is 1. The molecule has 2 aromatic carbocycles. The van der Waals surface area contributed by atoms with Gasteiger partial charge in [-0.05, 0) is 53.3 Å². The van der Waals surface area contributed by atoms with E-state index in [0.717, 1.165) is 6.42 Å². The zero-order valence-electron chi connectivity index (χ0n) is 11.1. The van der Waals surface area contributed by atoms with E-state index < -0.39 is 0 Å². The second-order valence-electron chi connectivity index (χ2n) is 5.09. The van der Waals surface area contributed by atoms with Crippen molar-refractivity contribution in [1.82, 2.24) is 0 Å². The van der Waals surface area contributed by atoms with Gasteiger partial charge in [0.1, 0.15) is 0 Å². The van der Waals surface area contributed by atoms with Crippen LogP contribution in [0.5, 0.6) is 0 Å². The number of rotatable bonds is 3. The SMILES string of the molecule is NCc1cccc(Cc2ccc3c(c2)CCCS3)c1. The molecule has 0 aromatic heterocycles. The molecule has 1 heterocycles. The zero-order chi connectivity index (χ0) is 13.1. The maximum Gasteiger partial charge on any atom is 0.0178 e. The van der Waals surface area contributed by atoms with Crippen LogP contribution in [0, 0.1) is 0 Å². The van der Waals surface area contributed by atoms with Crippen molar-refractivity contribution < 1.29 is 0 Å². The fourth-order valence-corrected chi connectivity index (χ4v) is 3.65. The summed E-state index contributed by atoms with van der Waals surface area (Å²) < 4.78 is 0. The molecule has 2 heteroatoms. The second kappa shape index (κ2) is 5.81. The molecule has 98 valence electrons. The smallest absolute Gasteiger partial charge is 0.0178 e. The van der Waals surface area contributed by atoms with Gasteiger partial charge in [-0.3, -0.25) is 0 Å². The number of thioether (sulfide) groups is 1. The van der Waals surface area contributed by atoms with Crippen LogP contribution in [-0.2, 0) is 19.4 Å². The highest BCUT2D eigenvalue weighted by Gasteiger charge is 2.10. The van der Waals surface area contributed by atoms with E-state index in [-0.39, 0.29) is 0 Å². The van der Waals surface area contributed by atoms with Gasteiger partial charge in [-0.2, -0.15) is 0 Å². The summed E-state index contributed by atoms with van der Waals surface area (Å²) in [5, 5.41) is 0. The minimum atomic E-state index is 0.620. The molecule has 2 N–H and O–H groups in total. The third-order valence-electron chi connectivity index (χ3n) is 3.61. The van der Waals surface area contributed by atoms with Crippen LogP contribution in [0.3, 0.4) is 0 Å². The minimum Gasteiger partial charge on any atom is -0.326 e. The molecule has 0 saturated carbocycles. The van der Waals surface area contributed by atoms with Crippen LogP contribution in [-0.4, -0.2) is 5.75 Å². The van der Waals surface area contributed by atoms with Crippen LogP contribution in [0.1, 0.15) is 28.7 Å². The Labute approximate surface area is 119 Å². The van der Waals surface area contributed by atoms with Gasteiger partial charge in [-0.15, -0.1) is 11.8 Å². The molecule has 1 aliphatic rings. The number of fused-ring (bicyclic) bond motifs is 1. The van der Waals surface area contributed by atoms with E-state index in [1.807, 2.05) is 11.8 Å². The van der Waals surface area contributed by atoms with E-state index in [9.17, 15) is 0 Å². The van der Waals surface area contributed by atoms with Crippen molar-refractivity contribution in [2.24, 2.45) is 5.73 Å². The van der Waals surface area contributed by atoms with Crippen LogP contribution < -0.4 is 5.73 Å². The van der Waals surface area contributed by atoms with Crippen molar-refractivity contribution in [1.29, 1.82) is 0 Å².